The lowest BCUT2D eigenvalue weighted by molar-refractivity contribution is -0.274. The second-order valence-corrected chi connectivity index (χ2v) is 11.2. The van der Waals surface area contributed by atoms with Gasteiger partial charge in [0.1, 0.15) is 5.82 Å². The van der Waals surface area contributed by atoms with Crippen LogP contribution in [0.2, 0.25) is 0 Å². The summed E-state index contributed by atoms with van der Waals surface area (Å²) >= 11 is 0. The molecule has 1 aliphatic rings. The van der Waals surface area contributed by atoms with E-state index in [0.29, 0.717) is 43.2 Å². The molecule has 15 heteroatoms. The normalized spacial score (nSPS) is 14.7. The maximum absolute atomic E-state index is 13.1. The van der Waals surface area contributed by atoms with Gasteiger partial charge in [-0.25, -0.2) is 9.78 Å². The standard InChI is InChI=1S/C30H33F3N6O6/c1-18(38-11-13-44-14-12-38)26(40)37-23-15-19(5-9-24(23)45-30(31,32)33)27(41)36-21-7-8-22(34-17-21)20-6-10-25(35-16-20)39(28(42)43)29(2,3)4/h5-10,15-18H,11-14H2,1-4H3,(H,36,41)(H,37,40)(H,42,43). The highest BCUT2D eigenvalue weighted by molar-refractivity contribution is 6.06. The number of benzene rings is 1. The van der Waals surface area contributed by atoms with Crippen molar-refractivity contribution in [2.75, 3.05) is 41.8 Å². The Kier molecular flexibility index (Phi) is 9.93. The number of aromatic nitrogens is 2. The maximum Gasteiger partial charge on any atom is 0.573 e. The Balaban J connectivity index is 1.48. The van der Waals surface area contributed by atoms with Gasteiger partial charge in [0.05, 0.1) is 42.5 Å². The van der Waals surface area contributed by atoms with Crippen molar-refractivity contribution < 1.29 is 42.1 Å². The van der Waals surface area contributed by atoms with Crippen LogP contribution in [0.3, 0.4) is 0 Å². The van der Waals surface area contributed by atoms with Crippen molar-refractivity contribution in [3.63, 3.8) is 0 Å². The number of nitrogens with one attached hydrogen (secondary N) is 2. The Bertz CT molecular complexity index is 1520. The van der Waals surface area contributed by atoms with Crippen molar-refractivity contribution >= 4 is 35.1 Å². The average Bonchev–Trinajstić information content (AvgIpc) is 2.97. The topological polar surface area (TPSA) is 146 Å². The Morgan fingerprint density at radius 3 is 2.27 bits per heavy atom. The molecule has 1 atom stereocenters. The zero-order chi connectivity index (χ0) is 32.9. The Hall–Kier alpha value is -4.76. The van der Waals surface area contributed by atoms with Gasteiger partial charge < -0.3 is 25.2 Å². The molecule has 3 amide bonds. The lowest BCUT2D eigenvalue weighted by atomic mass is 10.1. The average molecular weight is 631 g/mol. The summed E-state index contributed by atoms with van der Waals surface area (Å²) in [6.07, 6.45) is -3.29. The molecule has 1 fully saturated rings. The molecule has 0 bridgehead atoms. The summed E-state index contributed by atoms with van der Waals surface area (Å²) in [5.74, 6) is -1.65. The first kappa shape index (κ1) is 33.1. The zero-order valence-electron chi connectivity index (χ0n) is 25.0. The quantitative estimate of drug-likeness (QED) is 0.304. The number of halogens is 3. The number of carbonyl (C=O) groups is 3. The lowest BCUT2D eigenvalue weighted by Crippen LogP contribution is -2.47. The summed E-state index contributed by atoms with van der Waals surface area (Å²) in [5, 5.41) is 14.7. The van der Waals surface area contributed by atoms with Crippen LogP contribution >= 0.6 is 0 Å². The summed E-state index contributed by atoms with van der Waals surface area (Å²) in [6.45, 7) is 8.70. The van der Waals surface area contributed by atoms with Gasteiger partial charge in [-0.2, -0.15) is 0 Å². The molecule has 0 spiro atoms. The number of carbonyl (C=O) groups excluding carboxylic acids is 2. The third kappa shape index (κ3) is 8.67. The number of pyridine rings is 2. The van der Waals surface area contributed by atoms with E-state index in [1.807, 2.05) is 4.90 Å². The van der Waals surface area contributed by atoms with Crippen molar-refractivity contribution in [3.05, 3.63) is 60.4 Å². The van der Waals surface area contributed by atoms with E-state index in [1.54, 1.807) is 52.0 Å². The van der Waals surface area contributed by atoms with Gasteiger partial charge in [-0.15, -0.1) is 13.2 Å². The van der Waals surface area contributed by atoms with Crippen LogP contribution in [-0.2, 0) is 9.53 Å². The number of hydrogen-bond donors (Lipinski definition) is 3. The molecule has 1 saturated heterocycles. The number of hydrogen-bond acceptors (Lipinski definition) is 8. The fourth-order valence-electron chi connectivity index (χ4n) is 4.59. The smallest absolute Gasteiger partial charge is 0.465 e. The van der Waals surface area contributed by atoms with Crippen molar-refractivity contribution in [3.8, 4) is 17.0 Å². The Labute approximate surface area is 257 Å². The first-order valence-corrected chi connectivity index (χ1v) is 13.9. The van der Waals surface area contributed by atoms with Gasteiger partial charge in [0, 0.05) is 36.0 Å². The van der Waals surface area contributed by atoms with E-state index in [2.05, 4.69) is 25.3 Å². The van der Waals surface area contributed by atoms with Crippen LogP contribution in [0.4, 0.5) is 35.2 Å². The fraction of sp³-hybridized carbons (Fsp3) is 0.367. The largest absolute Gasteiger partial charge is 0.573 e. The number of carboxylic acid groups (broad SMARTS) is 1. The highest BCUT2D eigenvalue weighted by atomic mass is 19.4. The molecule has 1 aliphatic heterocycles. The molecule has 3 heterocycles. The Morgan fingerprint density at radius 1 is 1.00 bits per heavy atom. The molecule has 1 aromatic carbocycles. The van der Waals surface area contributed by atoms with Crippen molar-refractivity contribution in [2.45, 2.75) is 45.6 Å². The van der Waals surface area contributed by atoms with Gasteiger partial charge in [-0.3, -0.25) is 24.4 Å². The van der Waals surface area contributed by atoms with Crippen LogP contribution in [0.15, 0.2) is 54.9 Å². The highest BCUT2D eigenvalue weighted by Crippen LogP contribution is 2.32. The maximum atomic E-state index is 13.1. The molecule has 3 aromatic rings. The number of rotatable bonds is 8. The van der Waals surface area contributed by atoms with Crippen LogP contribution in [0, 0.1) is 0 Å². The minimum atomic E-state index is -5.02. The third-order valence-corrected chi connectivity index (χ3v) is 6.85. The Morgan fingerprint density at radius 2 is 1.71 bits per heavy atom. The second kappa shape index (κ2) is 13.5. The number of morpholine rings is 1. The number of ether oxygens (including phenoxy) is 2. The second-order valence-electron chi connectivity index (χ2n) is 11.2. The van der Waals surface area contributed by atoms with Crippen LogP contribution in [-0.4, -0.2) is 82.1 Å². The van der Waals surface area contributed by atoms with Crippen LogP contribution in [0.25, 0.3) is 11.3 Å². The summed E-state index contributed by atoms with van der Waals surface area (Å²) < 4.78 is 48.6. The molecule has 2 aromatic heterocycles. The fourth-order valence-corrected chi connectivity index (χ4v) is 4.59. The van der Waals surface area contributed by atoms with E-state index in [4.69, 9.17) is 4.74 Å². The van der Waals surface area contributed by atoms with Crippen LogP contribution < -0.4 is 20.3 Å². The number of alkyl halides is 3. The number of anilines is 3. The molecule has 12 nitrogen and oxygen atoms in total. The minimum Gasteiger partial charge on any atom is -0.465 e. The predicted molar refractivity (Wildman–Crippen MR) is 159 cm³/mol. The SMILES string of the molecule is CC(C(=O)Nc1cc(C(=O)Nc2ccc(-c3ccc(N(C(=O)O)C(C)(C)C)nc3)nc2)ccc1OC(F)(F)F)N1CCOCC1. The number of nitrogens with zero attached hydrogens (tertiary/aromatic N) is 4. The molecular weight excluding hydrogens is 597 g/mol. The van der Waals surface area contributed by atoms with Gasteiger partial charge in [0.2, 0.25) is 5.91 Å². The lowest BCUT2D eigenvalue weighted by Gasteiger charge is -2.32. The van der Waals surface area contributed by atoms with Crippen LogP contribution in [0.1, 0.15) is 38.1 Å². The van der Waals surface area contributed by atoms with Gasteiger partial charge in [0.15, 0.2) is 5.75 Å². The first-order chi connectivity index (χ1) is 21.1. The van der Waals surface area contributed by atoms with Crippen molar-refractivity contribution in [1.29, 1.82) is 0 Å². The molecule has 3 N–H and O–H groups in total. The van der Waals surface area contributed by atoms with E-state index < -0.39 is 41.6 Å². The van der Waals surface area contributed by atoms with Gasteiger partial charge in [0.25, 0.3) is 5.91 Å². The molecule has 0 saturated carbocycles. The molecule has 1 unspecified atom stereocenters. The monoisotopic (exact) mass is 630 g/mol. The summed E-state index contributed by atoms with van der Waals surface area (Å²) in [6, 6.07) is 8.96. The van der Waals surface area contributed by atoms with E-state index in [0.717, 1.165) is 23.1 Å². The zero-order valence-corrected chi connectivity index (χ0v) is 25.0. The summed E-state index contributed by atoms with van der Waals surface area (Å²) in [7, 11) is 0. The molecule has 0 aliphatic carbocycles. The molecule has 45 heavy (non-hydrogen) atoms. The van der Waals surface area contributed by atoms with Gasteiger partial charge >= 0.3 is 12.5 Å². The van der Waals surface area contributed by atoms with E-state index >= 15 is 0 Å². The molecule has 0 radical (unpaired) electrons. The number of amides is 3. The molecular formula is C30H33F3N6O6. The van der Waals surface area contributed by atoms with E-state index in [1.165, 1.54) is 12.4 Å². The van der Waals surface area contributed by atoms with Crippen molar-refractivity contribution in [1.82, 2.24) is 14.9 Å². The predicted octanol–water partition coefficient (Wildman–Crippen LogP) is 5.24. The summed E-state index contributed by atoms with van der Waals surface area (Å²) in [5.41, 5.74) is 0.324. The van der Waals surface area contributed by atoms with Crippen molar-refractivity contribution in [2.24, 2.45) is 0 Å². The third-order valence-electron chi connectivity index (χ3n) is 6.85. The van der Waals surface area contributed by atoms with Gasteiger partial charge in [-0.05, 0) is 70.2 Å². The van der Waals surface area contributed by atoms with Gasteiger partial charge in [-0.1, -0.05) is 0 Å². The molecule has 240 valence electrons. The molecule has 4 rings (SSSR count). The van der Waals surface area contributed by atoms with E-state index in [-0.39, 0.29) is 17.1 Å². The highest BCUT2D eigenvalue weighted by Gasteiger charge is 2.33. The van der Waals surface area contributed by atoms with Crippen LogP contribution in [0.5, 0.6) is 5.75 Å². The van der Waals surface area contributed by atoms with E-state index in [9.17, 15) is 32.7 Å². The minimum absolute atomic E-state index is 0.0375. The summed E-state index contributed by atoms with van der Waals surface area (Å²) in [4.78, 5) is 49.2. The first-order valence-electron chi connectivity index (χ1n) is 13.9.